The van der Waals surface area contributed by atoms with Crippen molar-refractivity contribution >= 4 is 36.5 Å². The van der Waals surface area contributed by atoms with Crippen LogP contribution in [0.2, 0.25) is 5.02 Å². The number of hydrogen-bond acceptors (Lipinski definition) is 6. The van der Waals surface area contributed by atoms with Crippen molar-refractivity contribution < 1.29 is 28.4 Å². The van der Waals surface area contributed by atoms with E-state index in [1.807, 2.05) is 39.0 Å². The molecule has 1 aromatic rings. The second-order valence-corrected chi connectivity index (χ2v) is 11.5. The van der Waals surface area contributed by atoms with Crippen molar-refractivity contribution in [3.8, 4) is 5.75 Å². The number of esters is 1. The van der Waals surface area contributed by atoms with Gasteiger partial charge in [-0.2, -0.15) is 0 Å². The van der Waals surface area contributed by atoms with Crippen molar-refractivity contribution in [3.05, 3.63) is 41.4 Å². The van der Waals surface area contributed by atoms with Crippen LogP contribution in [0.3, 0.4) is 0 Å². The minimum Gasteiger partial charge on any atom is -0.491 e. The Morgan fingerprint density at radius 3 is 2.67 bits per heavy atom. The Bertz CT molecular complexity index is 816. The van der Waals surface area contributed by atoms with Crippen LogP contribution >= 0.6 is 30.5 Å². The number of hydrogen-bond donors (Lipinski definition) is 1. The lowest BCUT2D eigenvalue weighted by Crippen LogP contribution is -2.26. The van der Waals surface area contributed by atoms with E-state index in [0.29, 0.717) is 30.4 Å². The predicted molar refractivity (Wildman–Crippen MR) is 151 cm³/mol. The average molecular weight is 561 g/mol. The lowest BCUT2D eigenvalue weighted by molar-refractivity contribution is -0.153. The second-order valence-electron chi connectivity index (χ2n) is 10.5. The molecule has 204 valence electrons. The molecule has 0 aliphatic heterocycles. The third-order valence-corrected chi connectivity index (χ3v) is 7.57. The maximum Gasteiger partial charge on any atom is 0.311 e. The summed E-state index contributed by atoms with van der Waals surface area (Å²) in [4.78, 5) is 11.8. The first-order valence-electron chi connectivity index (χ1n) is 12.8. The fraction of sp³-hybridized carbons (Fsp3) is 0.667. The third kappa shape index (κ3) is 10.9. The Labute approximate surface area is 226 Å². The largest absolute Gasteiger partial charge is 0.491 e. The molecule has 0 radical (unpaired) electrons. The van der Waals surface area contributed by atoms with Crippen molar-refractivity contribution in [1.29, 1.82) is 0 Å². The first kappa shape index (κ1) is 31.5. The first-order chi connectivity index (χ1) is 17.2. The van der Waals surface area contributed by atoms with Crippen molar-refractivity contribution in [3.63, 3.8) is 0 Å². The zero-order valence-electron chi connectivity index (χ0n) is 21.7. The summed E-state index contributed by atoms with van der Waals surface area (Å²) in [6.45, 7) is 6.46. The topological polar surface area (TPSA) is 74.2 Å². The van der Waals surface area contributed by atoms with Crippen LogP contribution in [0.15, 0.2) is 36.4 Å². The third-order valence-electron chi connectivity index (χ3n) is 6.60. The number of halogens is 1. The Balaban J connectivity index is 1.76. The SMILES string of the molecule is CC(C)(C)C(=O)OCCCC/C=C\C[C@H]1C(O)CC(OP)[C@@H]1CCC(COc1cccc(Cl)c1)OP. The van der Waals surface area contributed by atoms with E-state index in [2.05, 4.69) is 31.1 Å². The van der Waals surface area contributed by atoms with E-state index in [1.165, 1.54) is 0 Å². The van der Waals surface area contributed by atoms with Gasteiger partial charge in [-0.1, -0.05) is 29.8 Å². The minimum atomic E-state index is -0.456. The molecule has 0 saturated heterocycles. The summed E-state index contributed by atoms with van der Waals surface area (Å²) in [5.41, 5.74) is -0.456. The Hall–Kier alpha value is -0.740. The molecule has 2 rings (SSSR count). The summed E-state index contributed by atoms with van der Waals surface area (Å²) in [6.07, 6.45) is 9.67. The Morgan fingerprint density at radius 1 is 1.22 bits per heavy atom. The van der Waals surface area contributed by atoms with Crippen LogP contribution in [-0.2, 0) is 18.6 Å². The molecule has 6 nitrogen and oxygen atoms in total. The highest BCUT2D eigenvalue weighted by Crippen LogP contribution is 2.41. The van der Waals surface area contributed by atoms with Gasteiger partial charge in [0.1, 0.15) is 12.4 Å². The normalized spacial score (nSPS) is 23.2. The van der Waals surface area contributed by atoms with Crippen LogP contribution in [0.5, 0.6) is 5.75 Å². The van der Waals surface area contributed by atoms with Crippen LogP contribution in [0.4, 0.5) is 0 Å². The fourth-order valence-corrected chi connectivity index (χ4v) is 5.18. The molecule has 1 aliphatic rings. The molecule has 0 spiro atoms. The van der Waals surface area contributed by atoms with Crippen LogP contribution in [-0.4, -0.2) is 42.6 Å². The molecule has 0 heterocycles. The molecule has 1 aliphatic carbocycles. The van der Waals surface area contributed by atoms with Gasteiger partial charge in [0, 0.05) is 30.4 Å². The van der Waals surface area contributed by atoms with Gasteiger partial charge in [0.15, 0.2) is 0 Å². The lowest BCUT2D eigenvalue weighted by atomic mass is 9.86. The smallest absolute Gasteiger partial charge is 0.311 e. The summed E-state index contributed by atoms with van der Waals surface area (Å²) in [5, 5.41) is 11.3. The van der Waals surface area contributed by atoms with Gasteiger partial charge >= 0.3 is 5.97 Å². The van der Waals surface area contributed by atoms with Crippen molar-refractivity contribution in [2.24, 2.45) is 17.3 Å². The zero-order chi connectivity index (χ0) is 26.6. The van der Waals surface area contributed by atoms with E-state index >= 15 is 0 Å². The number of allylic oxidation sites excluding steroid dienone is 2. The minimum absolute atomic E-state index is 0.0000837. The predicted octanol–water partition coefficient (Wildman–Crippen LogP) is 6.55. The number of benzene rings is 1. The number of rotatable bonds is 15. The molecule has 0 bridgehead atoms. The van der Waals surface area contributed by atoms with E-state index in [4.69, 9.17) is 30.1 Å². The standard InChI is InChI=1S/C27H43ClO6P2/c1-27(2,3)26(30)31-15-8-6-4-5-7-12-22-23(25(34-36)17-24(22)29)14-13-21(33-35)18-32-20-11-9-10-19(28)16-20/h5,7,9-11,16,21-25,29H,4,6,8,12-15,17-18,35-36H2,1-3H3/b7-5-/t21?,22-,23-,24?,25?/m1/s1. The van der Waals surface area contributed by atoms with Crippen LogP contribution in [0.25, 0.3) is 0 Å². The van der Waals surface area contributed by atoms with Gasteiger partial charge in [0.2, 0.25) is 0 Å². The van der Waals surface area contributed by atoms with Crippen molar-refractivity contribution in [2.75, 3.05) is 13.2 Å². The molecule has 1 fully saturated rings. The number of carbonyl (C=O) groups is 1. The summed E-state index contributed by atoms with van der Waals surface area (Å²) >= 11 is 6.03. The molecule has 36 heavy (non-hydrogen) atoms. The van der Waals surface area contributed by atoms with Crippen LogP contribution < -0.4 is 4.74 Å². The zero-order valence-corrected chi connectivity index (χ0v) is 24.8. The number of carbonyl (C=O) groups excluding carboxylic acids is 1. The highest BCUT2D eigenvalue weighted by Gasteiger charge is 2.42. The highest BCUT2D eigenvalue weighted by atomic mass is 35.5. The Kier molecular flexibility index (Phi) is 14.2. The van der Waals surface area contributed by atoms with Gasteiger partial charge in [-0.15, -0.1) is 0 Å². The van der Waals surface area contributed by atoms with Crippen LogP contribution in [0, 0.1) is 17.3 Å². The molecule has 5 unspecified atom stereocenters. The van der Waals surface area contributed by atoms with Crippen LogP contribution in [0.1, 0.15) is 65.7 Å². The first-order valence-corrected chi connectivity index (χ1v) is 14.1. The van der Waals surface area contributed by atoms with Gasteiger partial charge in [-0.05, 0) is 89.3 Å². The van der Waals surface area contributed by atoms with Gasteiger partial charge in [-0.3, -0.25) is 4.79 Å². The van der Waals surface area contributed by atoms with E-state index in [1.54, 1.807) is 6.07 Å². The molecule has 1 aromatic carbocycles. The molecule has 1 N–H and O–H groups in total. The van der Waals surface area contributed by atoms with E-state index in [-0.39, 0.29) is 36.1 Å². The van der Waals surface area contributed by atoms with Crippen molar-refractivity contribution in [2.45, 2.75) is 84.0 Å². The monoisotopic (exact) mass is 560 g/mol. The summed E-state index contributed by atoms with van der Waals surface area (Å²) < 4.78 is 22.4. The second kappa shape index (κ2) is 16.3. The number of aliphatic hydroxyl groups is 1. The van der Waals surface area contributed by atoms with Crippen molar-refractivity contribution in [1.82, 2.24) is 0 Å². The highest BCUT2D eigenvalue weighted by molar-refractivity contribution is 7.10. The summed E-state index contributed by atoms with van der Waals surface area (Å²) in [5.74, 6) is 0.925. The van der Waals surface area contributed by atoms with Gasteiger partial charge < -0.3 is 23.6 Å². The average Bonchev–Trinajstić information content (AvgIpc) is 3.14. The molecule has 0 amide bonds. The molecule has 1 saturated carbocycles. The number of ether oxygens (including phenoxy) is 2. The number of aliphatic hydroxyl groups excluding tert-OH is 1. The van der Waals surface area contributed by atoms with E-state index in [0.717, 1.165) is 38.5 Å². The summed E-state index contributed by atoms with van der Waals surface area (Å²) in [7, 11) is 4.70. The molecular formula is C27H43ClO6P2. The fourth-order valence-electron chi connectivity index (χ4n) is 4.47. The maximum absolute atomic E-state index is 11.8. The lowest BCUT2D eigenvalue weighted by Gasteiger charge is -2.26. The van der Waals surface area contributed by atoms with Gasteiger partial charge in [0.05, 0.1) is 30.3 Å². The molecule has 0 aromatic heterocycles. The molecule has 9 heteroatoms. The molecule has 7 atom stereocenters. The van der Waals surface area contributed by atoms with E-state index in [9.17, 15) is 9.90 Å². The van der Waals surface area contributed by atoms with E-state index < -0.39 is 5.41 Å². The van der Waals surface area contributed by atoms with Gasteiger partial charge in [-0.25, -0.2) is 0 Å². The van der Waals surface area contributed by atoms with Gasteiger partial charge in [0.25, 0.3) is 0 Å². The Morgan fingerprint density at radius 2 is 2.00 bits per heavy atom. The summed E-state index contributed by atoms with van der Waals surface area (Å²) in [6, 6.07) is 7.33. The molecular weight excluding hydrogens is 518 g/mol. The maximum atomic E-state index is 11.8. The quantitative estimate of drug-likeness (QED) is 0.113. The number of unbranched alkanes of at least 4 members (excludes halogenated alkanes) is 2.